The standard InChI is InChI=1S/C15H20BrNO3/c1-10-7-17(8-11(2)20-10)9-12-5-14-15(6-13(12)16)19-4-3-18-14/h5-6,10-11H,3-4,7-9H2,1-2H3/t10-,11+. The van der Waals surface area contributed by atoms with Crippen molar-refractivity contribution in [2.24, 2.45) is 0 Å². The lowest BCUT2D eigenvalue weighted by molar-refractivity contribution is -0.0705. The number of hydrogen-bond donors (Lipinski definition) is 0. The normalized spacial score (nSPS) is 26.6. The van der Waals surface area contributed by atoms with Crippen LogP contribution in [-0.4, -0.2) is 43.4 Å². The maximum Gasteiger partial charge on any atom is 0.162 e. The van der Waals surface area contributed by atoms with E-state index in [0.29, 0.717) is 13.2 Å². The molecule has 2 aliphatic rings. The lowest BCUT2D eigenvalue weighted by Gasteiger charge is -2.35. The molecule has 4 nitrogen and oxygen atoms in total. The molecule has 0 radical (unpaired) electrons. The molecule has 0 spiro atoms. The highest BCUT2D eigenvalue weighted by molar-refractivity contribution is 9.10. The molecule has 5 heteroatoms. The molecule has 1 saturated heterocycles. The van der Waals surface area contributed by atoms with Gasteiger partial charge in [0, 0.05) is 24.1 Å². The second-order valence-electron chi connectivity index (χ2n) is 5.54. The third-order valence-electron chi connectivity index (χ3n) is 3.60. The van der Waals surface area contributed by atoms with Crippen molar-refractivity contribution in [3.05, 3.63) is 22.2 Å². The van der Waals surface area contributed by atoms with E-state index in [4.69, 9.17) is 14.2 Å². The molecule has 110 valence electrons. The van der Waals surface area contributed by atoms with E-state index in [0.717, 1.165) is 35.6 Å². The molecule has 0 N–H and O–H groups in total. The molecule has 2 heterocycles. The van der Waals surface area contributed by atoms with Gasteiger partial charge in [-0.25, -0.2) is 0 Å². The third-order valence-corrected chi connectivity index (χ3v) is 4.34. The Morgan fingerprint density at radius 1 is 1.10 bits per heavy atom. The summed E-state index contributed by atoms with van der Waals surface area (Å²) in [5.41, 5.74) is 1.23. The van der Waals surface area contributed by atoms with E-state index < -0.39 is 0 Å². The number of rotatable bonds is 2. The van der Waals surface area contributed by atoms with Crippen LogP contribution < -0.4 is 9.47 Å². The second kappa shape index (κ2) is 5.92. The summed E-state index contributed by atoms with van der Waals surface area (Å²) in [7, 11) is 0. The van der Waals surface area contributed by atoms with E-state index in [1.807, 2.05) is 6.07 Å². The first kappa shape index (κ1) is 14.2. The van der Waals surface area contributed by atoms with Crippen molar-refractivity contribution in [3.63, 3.8) is 0 Å². The van der Waals surface area contributed by atoms with Crippen LogP contribution in [0.25, 0.3) is 0 Å². The highest BCUT2D eigenvalue weighted by Crippen LogP contribution is 2.36. The van der Waals surface area contributed by atoms with Crippen LogP contribution in [0.2, 0.25) is 0 Å². The zero-order valence-electron chi connectivity index (χ0n) is 11.9. The number of fused-ring (bicyclic) bond motifs is 1. The first-order valence-corrected chi connectivity index (χ1v) is 7.87. The monoisotopic (exact) mass is 341 g/mol. The van der Waals surface area contributed by atoms with Crippen LogP contribution in [0, 0.1) is 0 Å². The minimum absolute atomic E-state index is 0.287. The number of halogens is 1. The molecule has 0 unspecified atom stereocenters. The predicted octanol–water partition coefficient (Wildman–Crippen LogP) is 2.83. The molecular formula is C15H20BrNO3. The zero-order valence-corrected chi connectivity index (χ0v) is 13.5. The van der Waals surface area contributed by atoms with Crippen molar-refractivity contribution < 1.29 is 14.2 Å². The summed E-state index contributed by atoms with van der Waals surface area (Å²) in [5, 5.41) is 0. The van der Waals surface area contributed by atoms with Gasteiger partial charge in [-0.2, -0.15) is 0 Å². The van der Waals surface area contributed by atoms with Crippen LogP contribution in [0.15, 0.2) is 16.6 Å². The molecule has 1 fully saturated rings. The maximum absolute atomic E-state index is 5.78. The highest BCUT2D eigenvalue weighted by atomic mass is 79.9. The summed E-state index contributed by atoms with van der Waals surface area (Å²) in [6.45, 7) is 8.33. The maximum atomic E-state index is 5.78. The van der Waals surface area contributed by atoms with Gasteiger partial charge >= 0.3 is 0 Å². The third kappa shape index (κ3) is 3.10. The Morgan fingerprint density at radius 3 is 2.35 bits per heavy atom. The topological polar surface area (TPSA) is 30.9 Å². The van der Waals surface area contributed by atoms with Crippen LogP contribution in [0.1, 0.15) is 19.4 Å². The first-order chi connectivity index (χ1) is 9.61. The summed E-state index contributed by atoms with van der Waals surface area (Å²) >= 11 is 3.64. The minimum atomic E-state index is 0.287. The van der Waals surface area contributed by atoms with Gasteiger partial charge in [0.1, 0.15) is 13.2 Å². The Balaban J connectivity index is 1.76. The van der Waals surface area contributed by atoms with Gasteiger partial charge in [0.25, 0.3) is 0 Å². The van der Waals surface area contributed by atoms with Crippen molar-refractivity contribution >= 4 is 15.9 Å². The smallest absolute Gasteiger partial charge is 0.162 e. The van der Waals surface area contributed by atoms with E-state index in [1.54, 1.807) is 0 Å². The van der Waals surface area contributed by atoms with E-state index >= 15 is 0 Å². The van der Waals surface area contributed by atoms with Gasteiger partial charge in [-0.05, 0) is 31.5 Å². The van der Waals surface area contributed by atoms with Crippen molar-refractivity contribution in [2.75, 3.05) is 26.3 Å². The highest BCUT2D eigenvalue weighted by Gasteiger charge is 2.23. The van der Waals surface area contributed by atoms with Gasteiger partial charge in [-0.3, -0.25) is 4.90 Å². The molecule has 0 aromatic heterocycles. The van der Waals surface area contributed by atoms with Crippen LogP contribution in [0.3, 0.4) is 0 Å². The minimum Gasteiger partial charge on any atom is -0.486 e. The van der Waals surface area contributed by atoms with Crippen molar-refractivity contribution in [3.8, 4) is 11.5 Å². The van der Waals surface area contributed by atoms with Crippen molar-refractivity contribution in [1.82, 2.24) is 4.90 Å². The Bertz CT molecular complexity index is 484. The number of benzene rings is 1. The van der Waals surface area contributed by atoms with E-state index in [2.05, 4.69) is 40.7 Å². The van der Waals surface area contributed by atoms with Gasteiger partial charge in [0.15, 0.2) is 11.5 Å². The SMILES string of the molecule is C[C@@H]1CN(Cc2cc3c(cc2Br)OCCO3)C[C@H](C)O1. The fourth-order valence-electron chi connectivity index (χ4n) is 2.88. The molecule has 1 aromatic carbocycles. The number of ether oxygens (including phenoxy) is 3. The second-order valence-corrected chi connectivity index (χ2v) is 6.39. The molecule has 3 rings (SSSR count). The molecule has 0 amide bonds. The lowest BCUT2D eigenvalue weighted by Crippen LogP contribution is -2.44. The molecule has 0 saturated carbocycles. The molecule has 20 heavy (non-hydrogen) atoms. The Morgan fingerprint density at radius 2 is 1.70 bits per heavy atom. The van der Waals surface area contributed by atoms with E-state index in [-0.39, 0.29) is 12.2 Å². The van der Waals surface area contributed by atoms with Crippen LogP contribution in [0.5, 0.6) is 11.5 Å². The summed E-state index contributed by atoms with van der Waals surface area (Å²) in [6.07, 6.45) is 0.574. The first-order valence-electron chi connectivity index (χ1n) is 7.07. The predicted molar refractivity (Wildman–Crippen MR) is 80.4 cm³/mol. The lowest BCUT2D eigenvalue weighted by atomic mass is 10.1. The molecule has 2 aliphatic heterocycles. The van der Waals surface area contributed by atoms with Crippen molar-refractivity contribution in [1.29, 1.82) is 0 Å². The fourth-order valence-corrected chi connectivity index (χ4v) is 3.33. The molecular weight excluding hydrogens is 322 g/mol. The Hall–Kier alpha value is -0.780. The van der Waals surface area contributed by atoms with Gasteiger partial charge < -0.3 is 14.2 Å². The van der Waals surface area contributed by atoms with Gasteiger partial charge in [-0.15, -0.1) is 0 Å². The largest absolute Gasteiger partial charge is 0.486 e. The molecule has 0 bridgehead atoms. The average Bonchev–Trinajstić information content (AvgIpc) is 2.38. The average molecular weight is 342 g/mol. The zero-order chi connectivity index (χ0) is 14.1. The summed E-state index contributed by atoms with van der Waals surface area (Å²) in [4.78, 5) is 2.43. The molecule has 1 aromatic rings. The van der Waals surface area contributed by atoms with Crippen molar-refractivity contribution in [2.45, 2.75) is 32.6 Å². The Labute approximate surface area is 128 Å². The molecule has 0 aliphatic carbocycles. The summed E-state index contributed by atoms with van der Waals surface area (Å²) in [5.74, 6) is 1.68. The summed E-state index contributed by atoms with van der Waals surface area (Å²) < 4.78 is 18.1. The van der Waals surface area contributed by atoms with Crippen LogP contribution >= 0.6 is 15.9 Å². The van der Waals surface area contributed by atoms with E-state index in [1.165, 1.54) is 5.56 Å². The van der Waals surface area contributed by atoms with Crippen LogP contribution in [0.4, 0.5) is 0 Å². The molecule has 2 atom stereocenters. The number of morpholine rings is 1. The Kier molecular flexibility index (Phi) is 4.19. The quantitative estimate of drug-likeness (QED) is 0.827. The van der Waals surface area contributed by atoms with Gasteiger partial charge in [0.2, 0.25) is 0 Å². The fraction of sp³-hybridized carbons (Fsp3) is 0.600. The van der Waals surface area contributed by atoms with Gasteiger partial charge in [0.05, 0.1) is 12.2 Å². The van der Waals surface area contributed by atoms with Crippen LogP contribution in [-0.2, 0) is 11.3 Å². The number of nitrogens with zero attached hydrogens (tertiary/aromatic N) is 1. The van der Waals surface area contributed by atoms with E-state index in [9.17, 15) is 0 Å². The summed E-state index contributed by atoms with van der Waals surface area (Å²) in [6, 6.07) is 4.10. The number of hydrogen-bond acceptors (Lipinski definition) is 4. The van der Waals surface area contributed by atoms with Gasteiger partial charge in [-0.1, -0.05) is 15.9 Å².